The van der Waals surface area contributed by atoms with Crippen molar-refractivity contribution in [2.45, 2.75) is 31.3 Å². The van der Waals surface area contributed by atoms with Crippen LogP contribution >= 0.6 is 0 Å². The number of amides is 2. The fourth-order valence-corrected chi connectivity index (χ4v) is 2.60. The summed E-state index contributed by atoms with van der Waals surface area (Å²) in [6.45, 7) is 0.439. The van der Waals surface area contributed by atoms with Gasteiger partial charge in [0, 0.05) is 6.54 Å². The number of aliphatic hydroxyl groups is 1. The van der Waals surface area contributed by atoms with E-state index in [0.29, 0.717) is 12.1 Å². The van der Waals surface area contributed by atoms with E-state index >= 15 is 0 Å². The van der Waals surface area contributed by atoms with Gasteiger partial charge in [-0.1, -0.05) is 30.3 Å². The molecule has 0 spiro atoms. The summed E-state index contributed by atoms with van der Waals surface area (Å²) >= 11 is 0. The van der Waals surface area contributed by atoms with E-state index < -0.39 is 18.0 Å². The number of nitrogens with one attached hydrogen (secondary N) is 1. The van der Waals surface area contributed by atoms with E-state index in [1.807, 2.05) is 0 Å². The highest BCUT2D eigenvalue weighted by molar-refractivity contribution is 5.83. The van der Waals surface area contributed by atoms with Gasteiger partial charge in [0.2, 0.25) is 0 Å². The fourth-order valence-electron chi connectivity index (χ4n) is 2.60. The van der Waals surface area contributed by atoms with Crippen LogP contribution in [-0.2, 0) is 4.79 Å². The van der Waals surface area contributed by atoms with Crippen molar-refractivity contribution in [3.63, 3.8) is 0 Å². The van der Waals surface area contributed by atoms with Gasteiger partial charge in [-0.2, -0.15) is 0 Å². The first-order valence-corrected chi connectivity index (χ1v) is 7.09. The molecule has 0 saturated carbocycles. The average molecular weight is 292 g/mol. The number of aliphatic hydroxyl groups excluding tert-OH is 1. The minimum Gasteiger partial charge on any atom is -0.479 e. The molecule has 1 aromatic carbocycles. The Balaban J connectivity index is 2.10. The Hall–Kier alpha value is -2.08. The number of aliphatic carboxylic acids is 1. The number of piperidine rings is 1. The van der Waals surface area contributed by atoms with Crippen LogP contribution in [0.4, 0.5) is 4.79 Å². The van der Waals surface area contributed by atoms with Gasteiger partial charge in [0.25, 0.3) is 0 Å². The second kappa shape index (κ2) is 7.08. The highest BCUT2D eigenvalue weighted by Gasteiger charge is 2.29. The van der Waals surface area contributed by atoms with Gasteiger partial charge in [0.15, 0.2) is 6.04 Å². The number of hydrogen-bond donors (Lipinski definition) is 3. The molecule has 6 nitrogen and oxygen atoms in total. The number of carbonyl (C=O) groups excluding carboxylic acids is 1. The standard InChI is InChI=1S/C15H20N2O4/c18-10-12-8-4-5-9-17(12)15(21)16-13(14(19)20)11-6-2-1-3-7-11/h1-3,6-7,12-13,18H,4-5,8-10H2,(H,16,21)(H,19,20)/t12?,13-/m1/s1. The number of carbonyl (C=O) groups is 2. The molecule has 1 aliphatic rings. The van der Waals surface area contributed by atoms with Crippen molar-refractivity contribution in [3.05, 3.63) is 35.9 Å². The van der Waals surface area contributed by atoms with Crippen molar-refractivity contribution >= 4 is 12.0 Å². The normalized spacial score (nSPS) is 19.9. The maximum Gasteiger partial charge on any atom is 0.330 e. The van der Waals surface area contributed by atoms with E-state index in [1.165, 1.54) is 4.90 Å². The van der Waals surface area contributed by atoms with Crippen molar-refractivity contribution < 1.29 is 19.8 Å². The lowest BCUT2D eigenvalue weighted by atomic mass is 10.0. The minimum atomic E-state index is -1.10. The van der Waals surface area contributed by atoms with Crippen LogP contribution in [0.15, 0.2) is 30.3 Å². The summed E-state index contributed by atoms with van der Waals surface area (Å²) in [7, 11) is 0. The zero-order valence-corrected chi connectivity index (χ0v) is 11.7. The van der Waals surface area contributed by atoms with Gasteiger partial charge in [-0.15, -0.1) is 0 Å². The van der Waals surface area contributed by atoms with Crippen LogP contribution < -0.4 is 5.32 Å². The van der Waals surface area contributed by atoms with Crippen molar-refractivity contribution in [1.29, 1.82) is 0 Å². The van der Waals surface area contributed by atoms with E-state index in [-0.39, 0.29) is 12.6 Å². The van der Waals surface area contributed by atoms with Crippen LogP contribution in [0, 0.1) is 0 Å². The molecule has 21 heavy (non-hydrogen) atoms. The molecule has 6 heteroatoms. The van der Waals surface area contributed by atoms with Gasteiger partial charge in [-0.25, -0.2) is 9.59 Å². The molecule has 3 N–H and O–H groups in total. The number of urea groups is 1. The zero-order chi connectivity index (χ0) is 15.2. The van der Waals surface area contributed by atoms with E-state index in [9.17, 15) is 19.8 Å². The lowest BCUT2D eigenvalue weighted by molar-refractivity contribution is -0.139. The third-order valence-electron chi connectivity index (χ3n) is 3.75. The first-order chi connectivity index (χ1) is 10.1. The van der Waals surface area contributed by atoms with Crippen LogP contribution in [0.2, 0.25) is 0 Å². The highest BCUT2D eigenvalue weighted by atomic mass is 16.4. The van der Waals surface area contributed by atoms with E-state index in [4.69, 9.17) is 0 Å². The molecule has 0 aliphatic carbocycles. The molecule has 1 fully saturated rings. The number of likely N-dealkylation sites (tertiary alicyclic amines) is 1. The Kier molecular flexibility index (Phi) is 5.16. The van der Waals surface area contributed by atoms with Crippen LogP contribution in [0.5, 0.6) is 0 Å². The second-order valence-electron chi connectivity index (χ2n) is 5.16. The van der Waals surface area contributed by atoms with Crippen molar-refractivity contribution in [1.82, 2.24) is 10.2 Å². The van der Waals surface area contributed by atoms with E-state index in [2.05, 4.69) is 5.32 Å². The van der Waals surface area contributed by atoms with Crippen LogP contribution in [0.3, 0.4) is 0 Å². The Morgan fingerprint density at radius 2 is 2.00 bits per heavy atom. The second-order valence-corrected chi connectivity index (χ2v) is 5.16. The Morgan fingerprint density at radius 1 is 1.29 bits per heavy atom. The predicted octanol–water partition coefficient (Wildman–Crippen LogP) is 1.37. The van der Waals surface area contributed by atoms with E-state index in [0.717, 1.165) is 19.3 Å². The summed E-state index contributed by atoms with van der Waals surface area (Å²) in [6, 6.07) is 6.83. The van der Waals surface area contributed by atoms with Crippen LogP contribution in [-0.4, -0.2) is 46.3 Å². The van der Waals surface area contributed by atoms with Gasteiger partial charge in [-0.3, -0.25) is 0 Å². The maximum atomic E-state index is 12.3. The quantitative estimate of drug-likeness (QED) is 0.782. The maximum absolute atomic E-state index is 12.3. The highest BCUT2D eigenvalue weighted by Crippen LogP contribution is 2.19. The van der Waals surface area contributed by atoms with Crippen LogP contribution in [0.1, 0.15) is 30.9 Å². The summed E-state index contributed by atoms with van der Waals surface area (Å²) in [5.74, 6) is -1.10. The van der Waals surface area contributed by atoms with Gasteiger partial charge in [0.05, 0.1) is 12.6 Å². The summed E-state index contributed by atoms with van der Waals surface area (Å²) in [5, 5.41) is 21.2. The topological polar surface area (TPSA) is 89.9 Å². The Morgan fingerprint density at radius 3 is 2.62 bits per heavy atom. The summed E-state index contributed by atoms with van der Waals surface area (Å²) in [4.78, 5) is 25.2. The molecule has 1 saturated heterocycles. The number of nitrogens with zero attached hydrogens (tertiary/aromatic N) is 1. The Bertz CT molecular complexity index is 492. The van der Waals surface area contributed by atoms with Gasteiger partial charge < -0.3 is 20.4 Å². The first kappa shape index (κ1) is 15.3. The molecular formula is C15H20N2O4. The molecule has 1 unspecified atom stereocenters. The molecule has 1 aromatic rings. The van der Waals surface area contributed by atoms with E-state index in [1.54, 1.807) is 30.3 Å². The smallest absolute Gasteiger partial charge is 0.330 e. The number of carboxylic acid groups (broad SMARTS) is 1. The average Bonchev–Trinajstić information content (AvgIpc) is 2.52. The fraction of sp³-hybridized carbons (Fsp3) is 0.467. The first-order valence-electron chi connectivity index (χ1n) is 7.09. The molecule has 0 radical (unpaired) electrons. The molecule has 2 amide bonds. The van der Waals surface area contributed by atoms with Crippen LogP contribution in [0.25, 0.3) is 0 Å². The molecule has 114 valence electrons. The molecule has 0 aromatic heterocycles. The predicted molar refractivity (Wildman–Crippen MR) is 76.8 cm³/mol. The molecule has 2 rings (SSSR count). The molecule has 1 heterocycles. The lowest BCUT2D eigenvalue weighted by Crippen LogP contribution is -2.51. The monoisotopic (exact) mass is 292 g/mol. The Labute approximate surface area is 123 Å². The molecular weight excluding hydrogens is 272 g/mol. The largest absolute Gasteiger partial charge is 0.479 e. The van der Waals surface area contributed by atoms with Crippen molar-refractivity contribution in [2.24, 2.45) is 0 Å². The molecule has 1 aliphatic heterocycles. The number of hydrogen-bond acceptors (Lipinski definition) is 3. The summed E-state index contributed by atoms with van der Waals surface area (Å²) in [5.41, 5.74) is 0.524. The number of carboxylic acids is 1. The summed E-state index contributed by atoms with van der Waals surface area (Å²) in [6.07, 6.45) is 2.58. The molecule has 0 bridgehead atoms. The van der Waals surface area contributed by atoms with Gasteiger partial charge >= 0.3 is 12.0 Å². The van der Waals surface area contributed by atoms with Gasteiger partial charge in [0.1, 0.15) is 0 Å². The summed E-state index contributed by atoms with van der Waals surface area (Å²) < 4.78 is 0. The molecule has 2 atom stereocenters. The third kappa shape index (κ3) is 3.72. The van der Waals surface area contributed by atoms with Crippen molar-refractivity contribution in [3.8, 4) is 0 Å². The SMILES string of the molecule is O=C(O)[C@H](NC(=O)N1CCCCC1CO)c1ccccc1. The van der Waals surface area contributed by atoms with Gasteiger partial charge in [-0.05, 0) is 24.8 Å². The number of benzene rings is 1. The zero-order valence-electron chi connectivity index (χ0n) is 11.7. The third-order valence-corrected chi connectivity index (χ3v) is 3.75. The lowest BCUT2D eigenvalue weighted by Gasteiger charge is -2.35. The van der Waals surface area contributed by atoms with Crippen molar-refractivity contribution in [2.75, 3.05) is 13.2 Å². The minimum absolute atomic E-state index is 0.101. The number of rotatable bonds is 4.